The van der Waals surface area contributed by atoms with Gasteiger partial charge in [0.1, 0.15) is 5.76 Å². The summed E-state index contributed by atoms with van der Waals surface area (Å²) >= 11 is 1.66. The summed E-state index contributed by atoms with van der Waals surface area (Å²) in [6.07, 6.45) is 6.73. The summed E-state index contributed by atoms with van der Waals surface area (Å²) in [4.78, 5) is 5.66. The number of nitrogens with zero attached hydrogens (tertiary/aromatic N) is 2. The van der Waals surface area contributed by atoms with Gasteiger partial charge in [0.25, 0.3) is 0 Å². The Morgan fingerprint density at radius 3 is 3.11 bits per heavy atom. The molecule has 0 amide bonds. The Balaban J connectivity index is 1.86. The Hall–Kier alpha value is -1.59. The van der Waals surface area contributed by atoms with E-state index in [4.69, 9.17) is 4.42 Å². The van der Waals surface area contributed by atoms with Crippen LogP contribution in [0, 0.1) is 6.92 Å². The van der Waals surface area contributed by atoms with E-state index in [1.54, 1.807) is 17.6 Å². The first-order valence-corrected chi connectivity index (χ1v) is 6.78. The van der Waals surface area contributed by atoms with Crippen LogP contribution in [0.25, 0.3) is 4.96 Å². The van der Waals surface area contributed by atoms with E-state index in [2.05, 4.69) is 20.9 Å². The molecule has 0 fully saturated rings. The van der Waals surface area contributed by atoms with E-state index >= 15 is 0 Å². The van der Waals surface area contributed by atoms with Crippen molar-refractivity contribution in [3.63, 3.8) is 0 Å². The Morgan fingerprint density at radius 2 is 2.44 bits per heavy atom. The third-order valence-corrected chi connectivity index (χ3v) is 3.95. The van der Waals surface area contributed by atoms with Gasteiger partial charge in [-0.1, -0.05) is 0 Å². The topological polar surface area (TPSA) is 42.5 Å². The van der Waals surface area contributed by atoms with E-state index in [-0.39, 0.29) is 6.04 Å². The maximum Gasteiger partial charge on any atom is 0.193 e. The van der Waals surface area contributed by atoms with Crippen LogP contribution in [0.2, 0.25) is 0 Å². The summed E-state index contributed by atoms with van der Waals surface area (Å²) in [7, 11) is 1.97. The van der Waals surface area contributed by atoms with Gasteiger partial charge in [0.2, 0.25) is 0 Å². The molecule has 1 atom stereocenters. The Bertz CT molecular complexity index is 623. The van der Waals surface area contributed by atoms with Gasteiger partial charge in [0.05, 0.1) is 12.0 Å². The number of aryl methyl sites for hydroxylation is 1. The van der Waals surface area contributed by atoms with Crippen LogP contribution in [0.5, 0.6) is 0 Å². The van der Waals surface area contributed by atoms with Crippen molar-refractivity contribution in [2.75, 3.05) is 7.05 Å². The monoisotopic (exact) mass is 261 g/mol. The molecule has 1 N–H and O–H groups in total. The molecule has 0 saturated carbocycles. The van der Waals surface area contributed by atoms with Gasteiger partial charge in [0.15, 0.2) is 4.96 Å². The van der Waals surface area contributed by atoms with Crippen molar-refractivity contribution in [1.82, 2.24) is 14.7 Å². The molecule has 0 aliphatic rings. The Kier molecular flexibility index (Phi) is 2.93. The first kappa shape index (κ1) is 11.5. The average Bonchev–Trinajstić information content (AvgIpc) is 3.01. The summed E-state index contributed by atoms with van der Waals surface area (Å²) in [6.45, 7) is 1.99. The zero-order valence-electron chi connectivity index (χ0n) is 10.4. The molecular weight excluding hydrogens is 246 g/mol. The molecule has 1 unspecified atom stereocenters. The summed E-state index contributed by atoms with van der Waals surface area (Å²) in [5.74, 6) is 0.968. The molecular formula is C13H15N3OS. The number of hydrogen-bond acceptors (Lipinski definition) is 4. The highest BCUT2D eigenvalue weighted by Crippen LogP contribution is 2.23. The molecule has 0 bridgehead atoms. The highest BCUT2D eigenvalue weighted by Gasteiger charge is 2.16. The highest BCUT2D eigenvalue weighted by atomic mass is 32.1. The lowest BCUT2D eigenvalue weighted by Gasteiger charge is -2.13. The van der Waals surface area contributed by atoms with E-state index in [9.17, 15) is 0 Å². The van der Waals surface area contributed by atoms with Crippen LogP contribution in [0.3, 0.4) is 0 Å². The number of rotatable bonds is 4. The summed E-state index contributed by atoms with van der Waals surface area (Å²) in [5, 5.41) is 5.37. The first-order chi connectivity index (χ1) is 8.78. The molecule has 0 spiro atoms. The largest absolute Gasteiger partial charge is 0.469 e. The van der Waals surface area contributed by atoms with Gasteiger partial charge >= 0.3 is 0 Å². The molecule has 0 aliphatic heterocycles. The molecule has 0 radical (unpaired) electrons. The molecule has 0 saturated heterocycles. The molecule has 5 heteroatoms. The number of likely N-dealkylation sites (N-methyl/N-ethyl adjacent to an activating group) is 1. The van der Waals surface area contributed by atoms with Crippen LogP contribution in [0.1, 0.15) is 23.1 Å². The van der Waals surface area contributed by atoms with Crippen molar-refractivity contribution in [2.24, 2.45) is 0 Å². The van der Waals surface area contributed by atoms with Crippen LogP contribution in [-0.4, -0.2) is 16.4 Å². The maximum absolute atomic E-state index is 5.37. The predicted octanol–water partition coefficient (Wildman–Crippen LogP) is 2.80. The molecule has 3 aromatic heterocycles. The van der Waals surface area contributed by atoms with Gasteiger partial charge in [-0.2, -0.15) is 0 Å². The van der Waals surface area contributed by atoms with Gasteiger partial charge in [-0.05, 0) is 20.0 Å². The van der Waals surface area contributed by atoms with E-state index < -0.39 is 0 Å². The van der Waals surface area contributed by atoms with Crippen LogP contribution >= 0.6 is 11.3 Å². The fourth-order valence-electron chi connectivity index (χ4n) is 2.21. The maximum atomic E-state index is 5.37. The number of fused-ring (bicyclic) bond motifs is 1. The molecule has 3 rings (SSSR count). The van der Waals surface area contributed by atoms with Gasteiger partial charge in [0, 0.05) is 35.8 Å². The minimum absolute atomic E-state index is 0.244. The molecule has 3 heterocycles. The summed E-state index contributed by atoms with van der Waals surface area (Å²) < 4.78 is 7.43. The van der Waals surface area contributed by atoms with Crippen molar-refractivity contribution in [2.45, 2.75) is 19.4 Å². The minimum atomic E-state index is 0.244. The second-order valence-electron chi connectivity index (χ2n) is 4.30. The third-order valence-electron chi connectivity index (χ3n) is 3.18. The summed E-state index contributed by atoms with van der Waals surface area (Å²) in [6, 6.07) is 2.27. The van der Waals surface area contributed by atoms with Crippen molar-refractivity contribution in [1.29, 1.82) is 0 Å². The number of furan rings is 1. The lowest BCUT2D eigenvalue weighted by molar-refractivity contribution is 0.511. The van der Waals surface area contributed by atoms with Crippen LogP contribution in [0.15, 0.2) is 34.5 Å². The zero-order valence-corrected chi connectivity index (χ0v) is 11.2. The van der Waals surface area contributed by atoms with Gasteiger partial charge in [-0.25, -0.2) is 4.98 Å². The molecule has 0 aromatic carbocycles. The second kappa shape index (κ2) is 4.59. The van der Waals surface area contributed by atoms with Crippen LogP contribution in [-0.2, 0) is 6.42 Å². The SMILES string of the molecule is CNC(Cc1cn2ccsc2n1)c1ccoc1C. The second-order valence-corrected chi connectivity index (χ2v) is 5.18. The number of imidazole rings is 1. The van der Waals surface area contributed by atoms with Crippen LogP contribution < -0.4 is 5.32 Å². The molecule has 4 nitrogen and oxygen atoms in total. The highest BCUT2D eigenvalue weighted by molar-refractivity contribution is 7.15. The lowest BCUT2D eigenvalue weighted by Crippen LogP contribution is -2.19. The number of thiazole rings is 1. The fraction of sp³-hybridized carbons (Fsp3) is 0.308. The van der Waals surface area contributed by atoms with Gasteiger partial charge in [-0.15, -0.1) is 11.3 Å². The normalized spacial score (nSPS) is 13.2. The van der Waals surface area contributed by atoms with E-state index in [0.717, 1.165) is 22.8 Å². The lowest BCUT2D eigenvalue weighted by atomic mass is 10.0. The van der Waals surface area contributed by atoms with E-state index in [1.165, 1.54) is 5.56 Å². The first-order valence-electron chi connectivity index (χ1n) is 5.90. The number of nitrogens with one attached hydrogen (secondary N) is 1. The molecule has 0 aliphatic carbocycles. The average molecular weight is 261 g/mol. The van der Waals surface area contributed by atoms with E-state index in [0.29, 0.717) is 0 Å². The minimum Gasteiger partial charge on any atom is -0.469 e. The Morgan fingerprint density at radius 1 is 1.56 bits per heavy atom. The van der Waals surface area contributed by atoms with Crippen molar-refractivity contribution < 1.29 is 4.42 Å². The van der Waals surface area contributed by atoms with Gasteiger partial charge < -0.3 is 9.73 Å². The van der Waals surface area contributed by atoms with Crippen LogP contribution in [0.4, 0.5) is 0 Å². The number of aromatic nitrogens is 2. The summed E-state index contributed by atoms with van der Waals surface area (Å²) in [5.41, 5.74) is 2.30. The third kappa shape index (κ3) is 1.95. The molecule has 3 aromatic rings. The predicted molar refractivity (Wildman–Crippen MR) is 72.0 cm³/mol. The quantitative estimate of drug-likeness (QED) is 0.785. The smallest absolute Gasteiger partial charge is 0.193 e. The molecule has 94 valence electrons. The standard InChI is InChI=1S/C13H15N3OS/c1-9-11(3-5-17-9)12(14-2)7-10-8-16-4-6-18-13(16)15-10/h3-6,8,12,14H,7H2,1-2H3. The van der Waals surface area contributed by atoms with Gasteiger partial charge in [-0.3, -0.25) is 4.40 Å². The zero-order chi connectivity index (χ0) is 12.5. The van der Waals surface area contributed by atoms with E-state index in [1.807, 2.05) is 31.6 Å². The van der Waals surface area contributed by atoms with Crippen molar-refractivity contribution in [3.05, 3.63) is 47.1 Å². The Labute approximate surface area is 109 Å². The fourth-order valence-corrected chi connectivity index (χ4v) is 2.93. The number of hydrogen-bond donors (Lipinski definition) is 1. The van der Waals surface area contributed by atoms with Crippen molar-refractivity contribution >= 4 is 16.3 Å². The van der Waals surface area contributed by atoms with Crippen molar-refractivity contribution in [3.8, 4) is 0 Å². The molecule has 18 heavy (non-hydrogen) atoms.